The number of carbonyl (C=O) groups is 4. The molecule has 0 aliphatic carbocycles. The van der Waals surface area contributed by atoms with Gasteiger partial charge in [-0.1, -0.05) is 74.5 Å². The van der Waals surface area contributed by atoms with E-state index in [-0.39, 0.29) is 35.5 Å². The highest BCUT2D eigenvalue weighted by Crippen LogP contribution is 2.31. The monoisotopic (exact) mass is 737 g/mol. The van der Waals surface area contributed by atoms with Crippen LogP contribution >= 0.6 is 0 Å². The van der Waals surface area contributed by atoms with Crippen molar-refractivity contribution >= 4 is 35.0 Å². The van der Waals surface area contributed by atoms with Gasteiger partial charge in [0, 0.05) is 35.6 Å². The van der Waals surface area contributed by atoms with Crippen molar-refractivity contribution in [3.8, 4) is 22.8 Å². The first-order valence-electron chi connectivity index (χ1n) is 19.3. The Hall–Kier alpha value is -6.03. The lowest BCUT2D eigenvalue weighted by Gasteiger charge is -2.28. The van der Waals surface area contributed by atoms with Crippen LogP contribution in [0.3, 0.4) is 0 Å². The van der Waals surface area contributed by atoms with Crippen LogP contribution in [0.15, 0.2) is 120 Å². The molecule has 1 unspecified atom stereocenters. The normalized spacial score (nSPS) is 17.8. The molecule has 0 radical (unpaired) electrons. The summed E-state index contributed by atoms with van der Waals surface area (Å²) in [5, 5.41) is 6.01. The second-order valence-electron chi connectivity index (χ2n) is 14.3. The van der Waals surface area contributed by atoms with Crippen LogP contribution in [0.25, 0.3) is 22.8 Å². The molecule has 2 aliphatic rings. The molecule has 55 heavy (non-hydrogen) atoms. The van der Waals surface area contributed by atoms with Gasteiger partial charge in [-0.25, -0.2) is 4.98 Å². The fraction of sp³-hybridized carbons (Fsp3) is 0.311. The van der Waals surface area contributed by atoms with E-state index in [2.05, 4.69) is 15.6 Å². The van der Waals surface area contributed by atoms with Crippen LogP contribution in [0, 0.1) is 0 Å². The number of aromatic nitrogens is 1. The Labute approximate surface area is 321 Å². The van der Waals surface area contributed by atoms with Gasteiger partial charge >= 0.3 is 0 Å². The number of hydrogen-bond acceptors (Lipinski definition) is 6. The van der Waals surface area contributed by atoms with E-state index in [1.165, 1.54) is 0 Å². The molecule has 2 saturated heterocycles. The van der Waals surface area contributed by atoms with Crippen molar-refractivity contribution in [2.24, 2.45) is 0 Å². The van der Waals surface area contributed by atoms with Gasteiger partial charge in [0.15, 0.2) is 5.76 Å². The van der Waals surface area contributed by atoms with Crippen LogP contribution < -0.4 is 10.6 Å². The van der Waals surface area contributed by atoms with Gasteiger partial charge < -0.3 is 24.9 Å². The first-order chi connectivity index (χ1) is 26.8. The molecule has 1 aromatic heterocycles. The van der Waals surface area contributed by atoms with E-state index in [9.17, 15) is 19.2 Å². The van der Waals surface area contributed by atoms with E-state index in [4.69, 9.17) is 4.42 Å². The molecular weight excluding hydrogens is 691 g/mol. The molecule has 0 spiro atoms. The van der Waals surface area contributed by atoms with E-state index in [1.807, 2.05) is 111 Å². The Morgan fingerprint density at radius 1 is 0.636 bits per heavy atom. The average molecular weight is 738 g/mol. The Morgan fingerprint density at radius 2 is 1.07 bits per heavy atom. The van der Waals surface area contributed by atoms with E-state index < -0.39 is 12.1 Å². The minimum atomic E-state index is -0.515. The van der Waals surface area contributed by atoms with Crippen LogP contribution in [0.5, 0.6) is 0 Å². The van der Waals surface area contributed by atoms with Crippen LogP contribution in [0.4, 0.5) is 11.4 Å². The first kappa shape index (κ1) is 37.3. The minimum Gasteiger partial charge on any atom is -0.436 e. The van der Waals surface area contributed by atoms with E-state index in [0.29, 0.717) is 61.8 Å². The van der Waals surface area contributed by atoms with Gasteiger partial charge in [0.1, 0.15) is 12.1 Å². The van der Waals surface area contributed by atoms with Gasteiger partial charge in [-0.2, -0.15) is 0 Å². The summed E-state index contributed by atoms with van der Waals surface area (Å²) in [7, 11) is 0. The van der Waals surface area contributed by atoms with Crippen LogP contribution in [-0.4, -0.2) is 63.6 Å². The lowest BCUT2D eigenvalue weighted by molar-refractivity contribution is -0.138. The van der Waals surface area contributed by atoms with Gasteiger partial charge in [0.25, 0.3) is 0 Å². The number of oxazole rings is 1. The second-order valence-corrected chi connectivity index (χ2v) is 14.3. The van der Waals surface area contributed by atoms with Crippen molar-refractivity contribution in [1.29, 1.82) is 0 Å². The molecule has 0 saturated carbocycles. The third kappa shape index (κ3) is 8.23. The summed E-state index contributed by atoms with van der Waals surface area (Å²) in [5.41, 5.74) is 4.73. The Kier molecular flexibility index (Phi) is 11.5. The third-order valence-electron chi connectivity index (χ3n) is 10.8. The number of likely N-dealkylation sites (tertiary alicyclic amines) is 2. The summed E-state index contributed by atoms with van der Waals surface area (Å²) >= 11 is 0. The quantitative estimate of drug-likeness (QED) is 0.133. The highest BCUT2D eigenvalue weighted by atomic mass is 16.4. The minimum absolute atomic E-state index is 0.00411. The van der Waals surface area contributed by atoms with Crippen molar-refractivity contribution in [3.63, 3.8) is 0 Å². The molecule has 10 nitrogen and oxygen atoms in total. The molecule has 2 N–H and O–H groups in total. The molecular formula is C45H47N5O5. The van der Waals surface area contributed by atoms with Gasteiger partial charge in [-0.15, -0.1) is 0 Å². The summed E-state index contributed by atoms with van der Waals surface area (Å²) in [4.78, 5) is 61.9. The van der Waals surface area contributed by atoms with Crippen molar-refractivity contribution in [2.45, 2.75) is 76.3 Å². The van der Waals surface area contributed by atoms with Crippen molar-refractivity contribution < 1.29 is 23.6 Å². The SMILES string of the molecule is CC[C@@H](C(=O)N1CCCC1C(=O)Nc1ccc(-c2cnc(-c3ccc(NC(=O)[C@@H]4CCCN4C(=O)[C@H](CC)c4ccccc4)cc3)o2)cc1)c1ccccc1. The molecule has 7 rings (SSSR count). The number of anilines is 2. The zero-order valence-electron chi connectivity index (χ0n) is 31.3. The summed E-state index contributed by atoms with van der Waals surface area (Å²) in [5.74, 6) is 0.0539. The average Bonchev–Trinajstić information content (AvgIpc) is 4.02. The van der Waals surface area contributed by atoms with E-state index in [1.54, 1.807) is 28.1 Å². The Morgan fingerprint density at radius 3 is 1.51 bits per heavy atom. The largest absolute Gasteiger partial charge is 0.436 e. The standard InChI is InChI=1S/C45H47N5O5/c1-3-36(30-13-7-5-8-14-30)44(53)49-27-11-17-38(49)41(51)47-34-23-19-32(20-24-34)40-29-46-43(55-40)33-21-25-35(26-22-33)48-42(52)39-18-12-28-50(39)45(54)37(4-2)31-15-9-6-10-16-31/h5-10,13-16,19-26,29,36-39H,3-4,11-12,17-18,27-28H2,1-2H3,(H,47,51)(H,48,52)/t36-,37-,38?,39+/m1/s1. The molecule has 4 aromatic carbocycles. The number of nitrogens with zero attached hydrogens (tertiary/aromatic N) is 3. The number of carbonyl (C=O) groups excluding carboxylic acids is 4. The summed E-state index contributed by atoms with van der Waals surface area (Å²) in [6.07, 6.45) is 5.82. The predicted molar refractivity (Wildman–Crippen MR) is 213 cm³/mol. The van der Waals surface area contributed by atoms with E-state index in [0.717, 1.165) is 35.1 Å². The summed E-state index contributed by atoms with van der Waals surface area (Å²) in [6.45, 7) is 5.14. The topological polar surface area (TPSA) is 125 Å². The molecule has 4 atom stereocenters. The van der Waals surface area contributed by atoms with Gasteiger partial charge in [0.2, 0.25) is 29.5 Å². The maximum Gasteiger partial charge on any atom is 0.247 e. The van der Waals surface area contributed by atoms with Crippen LogP contribution in [-0.2, 0) is 19.2 Å². The zero-order chi connectivity index (χ0) is 38.3. The van der Waals surface area contributed by atoms with Gasteiger partial charge in [0.05, 0.1) is 18.0 Å². The lowest BCUT2D eigenvalue weighted by Crippen LogP contribution is -2.45. The molecule has 282 valence electrons. The lowest BCUT2D eigenvalue weighted by atomic mass is 9.94. The maximum absolute atomic E-state index is 13.6. The highest BCUT2D eigenvalue weighted by molar-refractivity contribution is 5.99. The van der Waals surface area contributed by atoms with Crippen LogP contribution in [0.1, 0.15) is 75.3 Å². The Bertz CT molecular complexity index is 1950. The zero-order valence-corrected chi connectivity index (χ0v) is 31.3. The maximum atomic E-state index is 13.6. The molecule has 5 aromatic rings. The smallest absolute Gasteiger partial charge is 0.247 e. The molecule has 2 aliphatic heterocycles. The van der Waals surface area contributed by atoms with Gasteiger partial charge in [-0.05, 0) is 98.2 Å². The van der Waals surface area contributed by atoms with Crippen molar-refractivity contribution in [2.75, 3.05) is 23.7 Å². The second kappa shape index (κ2) is 17.0. The Balaban J connectivity index is 0.944. The molecule has 4 amide bonds. The van der Waals surface area contributed by atoms with Gasteiger partial charge in [-0.3, -0.25) is 19.2 Å². The summed E-state index contributed by atoms with van der Waals surface area (Å²) in [6, 6.07) is 33.1. The van der Waals surface area contributed by atoms with E-state index >= 15 is 0 Å². The highest BCUT2D eigenvalue weighted by Gasteiger charge is 2.38. The fourth-order valence-electron chi connectivity index (χ4n) is 7.89. The number of benzene rings is 4. The predicted octanol–water partition coefficient (Wildman–Crippen LogP) is 8.26. The fourth-order valence-corrected chi connectivity index (χ4v) is 7.89. The molecule has 2 fully saturated rings. The number of amides is 4. The molecule has 0 bridgehead atoms. The van der Waals surface area contributed by atoms with Crippen molar-refractivity contribution in [1.82, 2.24) is 14.8 Å². The van der Waals surface area contributed by atoms with Crippen molar-refractivity contribution in [3.05, 3.63) is 127 Å². The van der Waals surface area contributed by atoms with Crippen LogP contribution in [0.2, 0.25) is 0 Å². The molecule has 10 heteroatoms. The number of nitrogens with one attached hydrogen (secondary N) is 2. The number of rotatable bonds is 12. The first-order valence-corrected chi connectivity index (χ1v) is 19.3. The number of hydrogen-bond donors (Lipinski definition) is 2. The summed E-state index contributed by atoms with van der Waals surface area (Å²) < 4.78 is 6.11. The third-order valence-corrected chi connectivity index (χ3v) is 10.8. The molecule has 3 heterocycles.